The molecule has 0 aliphatic rings. The van der Waals surface area contributed by atoms with Gasteiger partial charge in [0.25, 0.3) is 0 Å². The number of amides is 1. The van der Waals surface area contributed by atoms with E-state index < -0.39 is 0 Å². The molecular weight excluding hydrogens is 236 g/mol. The minimum atomic E-state index is 0.158. The molecule has 3 heteroatoms. The van der Waals surface area contributed by atoms with Crippen molar-refractivity contribution in [3.63, 3.8) is 0 Å². The highest BCUT2D eigenvalue weighted by atomic mass is 16.2. The summed E-state index contributed by atoms with van der Waals surface area (Å²) >= 11 is 0. The molecule has 0 aliphatic carbocycles. The molecule has 1 rings (SSSR count). The maximum atomic E-state index is 12.0. The number of carbonyl (C=O) groups excluding carboxylic acids is 1. The average molecular weight is 262 g/mol. The number of carbonyl (C=O) groups is 1. The zero-order chi connectivity index (χ0) is 14.4. The summed E-state index contributed by atoms with van der Waals surface area (Å²) in [7, 11) is 1.85. The number of benzene rings is 1. The van der Waals surface area contributed by atoms with Crippen LogP contribution in [0.5, 0.6) is 0 Å². The lowest BCUT2D eigenvalue weighted by Crippen LogP contribution is -2.29. The van der Waals surface area contributed by atoms with Crippen LogP contribution in [0.2, 0.25) is 0 Å². The molecule has 3 nitrogen and oxygen atoms in total. The highest BCUT2D eigenvalue weighted by molar-refractivity contribution is 5.76. The molecule has 0 heterocycles. The van der Waals surface area contributed by atoms with Crippen molar-refractivity contribution in [2.75, 3.05) is 13.6 Å². The highest BCUT2D eigenvalue weighted by Crippen LogP contribution is 2.15. The van der Waals surface area contributed by atoms with Gasteiger partial charge >= 0.3 is 0 Å². The van der Waals surface area contributed by atoms with Crippen molar-refractivity contribution >= 4 is 5.91 Å². The topological polar surface area (TPSA) is 46.3 Å². The van der Waals surface area contributed by atoms with E-state index in [0.29, 0.717) is 25.4 Å². The first kappa shape index (κ1) is 15.7. The van der Waals surface area contributed by atoms with E-state index in [4.69, 9.17) is 5.73 Å². The lowest BCUT2D eigenvalue weighted by atomic mass is 10.0. The van der Waals surface area contributed by atoms with Gasteiger partial charge in [-0.3, -0.25) is 4.79 Å². The van der Waals surface area contributed by atoms with Crippen molar-refractivity contribution in [3.05, 3.63) is 35.4 Å². The predicted molar refractivity (Wildman–Crippen MR) is 79.8 cm³/mol. The molecule has 0 aromatic heterocycles. The lowest BCUT2D eigenvalue weighted by molar-refractivity contribution is -0.131. The zero-order valence-corrected chi connectivity index (χ0v) is 12.5. The molecule has 0 spiro atoms. The Labute approximate surface area is 116 Å². The second kappa shape index (κ2) is 7.29. The van der Waals surface area contributed by atoms with Crippen LogP contribution in [0.25, 0.3) is 0 Å². The SMILES string of the molecule is CC(CN)CC(=O)N(C)Cc1ccc(C(C)C)cc1. The maximum Gasteiger partial charge on any atom is 0.222 e. The Morgan fingerprint density at radius 3 is 2.26 bits per heavy atom. The first-order valence-electron chi connectivity index (χ1n) is 6.97. The summed E-state index contributed by atoms with van der Waals surface area (Å²) in [6.07, 6.45) is 0.525. The third-order valence-electron chi connectivity index (χ3n) is 3.42. The van der Waals surface area contributed by atoms with E-state index in [-0.39, 0.29) is 11.8 Å². The van der Waals surface area contributed by atoms with Gasteiger partial charge in [-0.25, -0.2) is 0 Å². The molecule has 0 saturated heterocycles. The number of hydrogen-bond donors (Lipinski definition) is 1. The fraction of sp³-hybridized carbons (Fsp3) is 0.562. The van der Waals surface area contributed by atoms with Crippen molar-refractivity contribution in [1.82, 2.24) is 4.90 Å². The number of hydrogen-bond acceptors (Lipinski definition) is 2. The second-order valence-corrected chi connectivity index (χ2v) is 5.69. The van der Waals surface area contributed by atoms with Crippen LogP contribution >= 0.6 is 0 Å². The standard InChI is InChI=1S/C16H26N2O/c1-12(2)15-7-5-14(6-8-15)11-18(4)16(19)9-13(3)10-17/h5-8,12-13H,9-11,17H2,1-4H3. The van der Waals surface area contributed by atoms with Crippen LogP contribution in [0.15, 0.2) is 24.3 Å². The van der Waals surface area contributed by atoms with Gasteiger partial charge in [0.1, 0.15) is 0 Å². The van der Waals surface area contributed by atoms with E-state index in [2.05, 4.69) is 38.1 Å². The molecule has 1 amide bonds. The third-order valence-corrected chi connectivity index (χ3v) is 3.42. The van der Waals surface area contributed by atoms with Crippen LogP contribution in [0.1, 0.15) is 44.2 Å². The summed E-state index contributed by atoms with van der Waals surface area (Å²) in [5.41, 5.74) is 8.04. The fourth-order valence-corrected chi connectivity index (χ4v) is 1.91. The first-order chi connectivity index (χ1) is 8.93. The van der Waals surface area contributed by atoms with Gasteiger partial charge in [-0.05, 0) is 29.5 Å². The molecule has 1 atom stereocenters. The predicted octanol–water partition coefficient (Wildman–Crippen LogP) is 2.75. The van der Waals surface area contributed by atoms with Crippen molar-refractivity contribution in [3.8, 4) is 0 Å². The van der Waals surface area contributed by atoms with Gasteiger partial charge in [0.2, 0.25) is 5.91 Å². The quantitative estimate of drug-likeness (QED) is 0.857. The van der Waals surface area contributed by atoms with Crippen molar-refractivity contribution < 1.29 is 4.79 Å². The molecule has 19 heavy (non-hydrogen) atoms. The van der Waals surface area contributed by atoms with E-state index >= 15 is 0 Å². The Hall–Kier alpha value is -1.35. The van der Waals surface area contributed by atoms with E-state index in [0.717, 1.165) is 0 Å². The van der Waals surface area contributed by atoms with Gasteiger partial charge in [-0.2, -0.15) is 0 Å². The van der Waals surface area contributed by atoms with Crippen LogP contribution in [0, 0.1) is 5.92 Å². The van der Waals surface area contributed by atoms with Crippen LogP contribution in [-0.4, -0.2) is 24.4 Å². The summed E-state index contributed by atoms with van der Waals surface area (Å²) in [5, 5.41) is 0. The van der Waals surface area contributed by atoms with Gasteiger partial charge in [0, 0.05) is 20.0 Å². The molecule has 0 bridgehead atoms. The molecule has 1 aromatic rings. The Morgan fingerprint density at radius 1 is 1.21 bits per heavy atom. The zero-order valence-electron chi connectivity index (χ0n) is 12.5. The summed E-state index contributed by atoms with van der Waals surface area (Å²) < 4.78 is 0. The van der Waals surface area contributed by atoms with Crippen LogP contribution in [-0.2, 0) is 11.3 Å². The Morgan fingerprint density at radius 2 is 1.79 bits per heavy atom. The Kier molecular flexibility index (Phi) is 6.03. The number of nitrogens with two attached hydrogens (primary N) is 1. The van der Waals surface area contributed by atoms with Crippen LogP contribution < -0.4 is 5.73 Å². The average Bonchev–Trinajstić information content (AvgIpc) is 2.38. The number of rotatable bonds is 6. The van der Waals surface area contributed by atoms with Gasteiger partial charge in [0.05, 0.1) is 0 Å². The molecule has 2 N–H and O–H groups in total. The van der Waals surface area contributed by atoms with E-state index in [1.807, 2.05) is 14.0 Å². The van der Waals surface area contributed by atoms with E-state index in [1.165, 1.54) is 11.1 Å². The summed E-state index contributed by atoms with van der Waals surface area (Å²) in [6, 6.07) is 8.48. The summed E-state index contributed by atoms with van der Waals surface area (Å²) in [6.45, 7) is 7.58. The fourth-order valence-electron chi connectivity index (χ4n) is 1.91. The Balaban J connectivity index is 2.56. The molecule has 1 unspecified atom stereocenters. The molecule has 106 valence electrons. The van der Waals surface area contributed by atoms with Crippen molar-refractivity contribution in [2.45, 2.75) is 39.7 Å². The molecule has 1 aromatic carbocycles. The summed E-state index contributed by atoms with van der Waals surface area (Å²) in [5.74, 6) is 0.947. The maximum absolute atomic E-state index is 12.0. The monoisotopic (exact) mass is 262 g/mol. The van der Waals surface area contributed by atoms with Gasteiger partial charge in [-0.1, -0.05) is 45.0 Å². The van der Waals surface area contributed by atoms with Crippen molar-refractivity contribution in [2.24, 2.45) is 11.7 Å². The minimum Gasteiger partial charge on any atom is -0.341 e. The lowest BCUT2D eigenvalue weighted by Gasteiger charge is -2.19. The molecule has 0 aliphatic heterocycles. The van der Waals surface area contributed by atoms with Gasteiger partial charge < -0.3 is 10.6 Å². The third kappa shape index (κ3) is 5.03. The van der Waals surface area contributed by atoms with Gasteiger partial charge in [0.15, 0.2) is 0 Å². The smallest absolute Gasteiger partial charge is 0.222 e. The first-order valence-corrected chi connectivity index (χ1v) is 6.97. The minimum absolute atomic E-state index is 0.158. The normalized spacial score (nSPS) is 12.5. The number of nitrogens with zero attached hydrogens (tertiary/aromatic N) is 1. The molecule has 0 radical (unpaired) electrons. The molecule has 0 saturated carbocycles. The second-order valence-electron chi connectivity index (χ2n) is 5.69. The van der Waals surface area contributed by atoms with E-state index in [1.54, 1.807) is 4.90 Å². The Bertz CT molecular complexity index is 398. The van der Waals surface area contributed by atoms with Crippen LogP contribution in [0.4, 0.5) is 0 Å². The van der Waals surface area contributed by atoms with Crippen molar-refractivity contribution in [1.29, 1.82) is 0 Å². The molecular formula is C16H26N2O. The van der Waals surface area contributed by atoms with E-state index in [9.17, 15) is 4.79 Å². The van der Waals surface area contributed by atoms with Crippen LogP contribution in [0.3, 0.4) is 0 Å². The largest absolute Gasteiger partial charge is 0.341 e. The molecule has 0 fully saturated rings. The van der Waals surface area contributed by atoms with Gasteiger partial charge in [-0.15, -0.1) is 0 Å². The highest BCUT2D eigenvalue weighted by Gasteiger charge is 2.12. The summed E-state index contributed by atoms with van der Waals surface area (Å²) in [4.78, 5) is 13.7.